The van der Waals surface area contributed by atoms with E-state index in [2.05, 4.69) is 32.6 Å². The van der Waals surface area contributed by atoms with E-state index in [1.54, 1.807) is 29.2 Å². The first kappa shape index (κ1) is 20.1. The number of carbonyl (C=O) groups excluding carboxylic acids is 1. The Morgan fingerprint density at radius 3 is 3.06 bits per heavy atom. The molecule has 2 aliphatic heterocycles. The van der Waals surface area contributed by atoms with Crippen molar-refractivity contribution in [1.29, 1.82) is 0 Å². The predicted octanol–water partition coefficient (Wildman–Crippen LogP) is 2.71. The third kappa shape index (κ3) is 4.20. The van der Waals surface area contributed by atoms with Gasteiger partial charge in [-0.05, 0) is 31.2 Å². The SMILES string of the molecule is Cc1cc(C(=O)N2CCCC(c3nc4c(c(=O)[nH]3)CN(Cc3cccs3)CC4)C2)on1. The maximum absolute atomic E-state index is 12.9. The van der Waals surface area contributed by atoms with Gasteiger partial charge in [-0.2, -0.15) is 0 Å². The van der Waals surface area contributed by atoms with E-state index in [1.807, 2.05) is 0 Å². The molecule has 9 heteroatoms. The average molecular weight is 440 g/mol. The lowest BCUT2D eigenvalue weighted by atomic mass is 9.96. The van der Waals surface area contributed by atoms with Crippen molar-refractivity contribution in [3.8, 4) is 0 Å². The monoisotopic (exact) mass is 439 g/mol. The first-order chi connectivity index (χ1) is 15.1. The highest BCUT2D eigenvalue weighted by Crippen LogP contribution is 2.27. The molecule has 1 N–H and O–H groups in total. The van der Waals surface area contributed by atoms with Crippen LogP contribution in [-0.2, 0) is 19.5 Å². The zero-order chi connectivity index (χ0) is 21.4. The molecule has 1 unspecified atom stereocenters. The number of hydrogen-bond donors (Lipinski definition) is 1. The normalized spacial score (nSPS) is 19.4. The number of aromatic amines is 1. The lowest BCUT2D eigenvalue weighted by molar-refractivity contribution is 0.0662. The van der Waals surface area contributed by atoms with Crippen LogP contribution in [-0.4, -0.2) is 50.5 Å². The fourth-order valence-electron chi connectivity index (χ4n) is 4.46. The molecule has 0 saturated carbocycles. The molecule has 31 heavy (non-hydrogen) atoms. The number of aromatic nitrogens is 3. The minimum absolute atomic E-state index is 0.0175. The molecular weight excluding hydrogens is 414 g/mol. The van der Waals surface area contributed by atoms with Crippen molar-refractivity contribution in [2.75, 3.05) is 19.6 Å². The third-order valence-corrected chi connectivity index (χ3v) is 6.92. The Labute approximate surface area is 183 Å². The summed E-state index contributed by atoms with van der Waals surface area (Å²) in [5, 5.41) is 5.89. The number of nitrogens with one attached hydrogen (secondary N) is 1. The largest absolute Gasteiger partial charge is 0.351 e. The number of aryl methyl sites for hydroxylation is 1. The summed E-state index contributed by atoms with van der Waals surface area (Å²) in [4.78, 5) is 38.9. The number of carbonyl (C=O) groups is 1. The second-order valence-electron chi connectivity index (χ2n) is 8.34. The maximum Gasteiger partial charge on any atom is 0.292 e. The zero-order valence-corrected chi connectivity index (χ0v) is 18.3. The van der Waals surface area contributed by atoms with Crippen molar-refractivity contribution >= 4 is 17.2 Å². The summed E-state index contributed by atoms with van der Waals surface area (Å²) in [6.45, 7) is 5.35. The summed E-state index contributed by atoms with van der Waals surface area (Å²) in [6.07, 6.45) is 2.52. The van der Waals surface area contributed by atoms with Crippen LogP contribution in [0.4, 0.5) is 0 Å². The highest BCUT2D eigenvalue weighted by atomic mass is 32.1. The van der Waals surface area contributed by atoms with Crippen molar-refractivity contribution in [1.82, 2.24) is 24.9 Å². The molecule has 0 aromatic carbocycles. The van der Waals surface area contributed by atoms with Crippen LogP contribution in [0.2, 0.25) is 0 Å². The van der Waals surface area contributed by atoms with Gasteiger partial charge in [0.05, 0.1) is 17.0 Å². The standard InChI is InChI=1S/C22H25N5O3S/c1-14-10-19(30-25-14)22(29)27-7-2-4-15(11-27)20-23-18-6-8-26(12-16-5-3-9-31-16)13-17(18)21(28)24-20/h3,5,9-10,15H,2,4,6-8,11-13H2,1H3,(H,23,24,28). The molecule has 0 bridgehead atoms. The van der Waals surface area contributed by atoms with Crippen molar-refractivity contribution in [3.05, 3.63) is 67.3 Å². The van der Waals surface area contributed by atoms with Gasteiger partial charge in [-0.3, -0.25) is 14.5 Å². The van der Waals surface area contributed by atoms with E-state index in [-0.39, 0.29) is 23.1 Å². The summed E-state index contributed by atoms with van der Waals surface area (Å²) in [5.74, 6) is 0.816. The topological polar surface area (TPSA) is 95.3 Å². The average Bonchev–Trinajstić information content (AvgIpc) is 3.45. The highest BCUT2D eigenvalue weighted by molar-refractivity contribution is 7.09. The summed E-state index contributed by atoms with van der Waals surface area (Å²) in [6, 6.07) is 5.84. The van der Waals surface area contributed by atoms with Gasteiger partial charge in [-0.1, -0.05) is 11.2 Å². The predicted molar refractivity (Wildman–Crippen MR) is 116 cm³/mol. The summed E-state index contributed by atoms with van der Waals surface area (Å²) < 4.78 is 5.14. The number of fused-ring (bicyclic) bond motifs is 1. The highest BCUT2D eigenvalue weighted by Gasteiger charge is 2.30. The summed E-state index contributed by atoms with van der Waals surface area (Å²) >= 11 is 1.74. The molecule has 3 aromatic heterocycles. The number of nitrogens with zero attached hydrogens (tertiary/aromatic N) is 4. The molecule has 1 fully saturated rings. The Balaban J connectivity index is 1.31. The summed E-state index contributed by atoms with van der Waals surface area (Å²) in [5.41, 5.74) is 2.30. The first-order valence-corrected chi connectivity index (χ1v) is 11.5. The number of amides is 1. The van der Waals surface area contributed by atoms with Crippen molar-refractivity contribution < 1.29 is 9.32 Å². The Bertz CT molecular complexity index is 1140. The van der Waals surface area contributed by atoms with E-state index in [9.17, 15) is 9.59 Å². The van der Waals surface area contributed by atoms with E-state index in [1.165, 1.54) is 4.88 Å². The second kappa shape index (κ2) is 8.39. The minimum Gasteiger partial charge on any atom is -0.351 e. The van der Waals surface area contributed by atoms with Crippen LogP contribution in [0.15, 0.2) is 32.9 Å². The molecule has 0 radical (unpaired) electrons. The second-order valence-corrected chi connectivity index (χ2v) is 9.37. The van der Waals surface area contributed by atoms with Gasteiger partial charge in [0, 0.05) is 56.0 Å². The molecule has 2 aliphatic rings. The zero-order valence-electron chi connectivity index (χ0n) is 17.5. The van der Waals surface area contributed by atoms with Crippen molar-refractivity contribution in [2.45, 2.75) is 45.2 Å². The molecular formula is C22H25N5O3S. The number of hydrogen-bond acceptors (Lipinski definition) is 7. The van der Waals surface area contributed by atoms with Gasteiger partial charge in [0.2, 0.25) is 5.76 Å². The van der Waals surface area contributed by atoms with Gasteiger partial charge in [0.15, 0.2) is 0 Å². The van der Waals surface area contributed by atoms with E-state index in [0.29, 0.717) is 31.2 Å². The molecule has 1 atom stereocenters. The van der Waals surface area contributed by atoms with Gasteiger partial charge in [-0.25, -0.2) is 4.98 Å². The smallest absolute Gasteiger partial charge is 0.292 e. The van der Waals surface area contributed by atoms with Crippen LogP contribution in [0.1, 0.15) is 57.0 Å². The molecule has 1 saturated heterocycles. The fraction of sp³-hybridized carbons (Fsp3) is 0.455. The number of thiophene rings is 1. The van der Waals surface area contributed by atoms with Crippen LogP contribution < -0.4 is 5.56 Å². The van der Waals surface area contributed by atoms with E-state index in [0.717, 1.165) is 43.6 Å². The van der Waals surface area contributed by atoms with Crippen LogP contribution in [0, 0.1) is 6.92 Å². The van der Waals surface area contributed by atoms with Crippen molar-refractivity contribution in [2.24, 2.45) is 0 Å². The van der Waals surface area contributed by atoms with Gasteiger partial charge < -0.3 is 14.4 Å². The van der Waals surface area contributed by atoms with E-state index in [4.69, 9.17) is 9.51 Å². The van der Waals surface area contributed by atoms with Gasteiger partial charge in [0.1, 0.15) is 5.82 Å². The van der Waals surface area contributed by atoms with E-state index >= 15 is 0 Å². The molecule has 8 nitrogen and oxygen atoms in total. The Kier molecular flexibility index (Phi) is 5.45. The lowest BCUT2D eigenvalue weighted by Gasteiger charge is -2.32. The van der Waals surface area contributed by atoms with Crippen molar-refractivity contribution in [3.63, 3.8) is 0 Å². The van der Waals surface area contributed by atoms with Crippen LogP contribution in [0.25, 0.3) is 0 Å². The summed E-state index contributed by atoms with van der Waals surface area (Å²) in [7, 11) is 0. The maximum atomic E-state index is 12.9. The van der Waals surface area contributed by atoms with Crippen LogP contribution in [0.5, 0.6) is 0 Å². The van der Waals surface area contributed by atoms with Crippen LogP contribution in [0.3, 0.4) is 0 Å². The molecule has 5 heterocycles. The Morgan fingerprint density at radius 1 is 1.39 bits per heavy atom. The first-order valence-electron chi connectivity index (χ1n) is 10.7. The Hall–Kier alpha value is -2.78. The van der Waals surface area contributed by atoms with Gasteiger partial charge in [0.25, 0.3) is 11.5 Å². The number of likely N-dealkylation sites (tertiary alicyclic amines) is 1. The number of rotatable bonds is 4. The lowest BCUT2D eigenvalue weighted by Crippen LogP contribution is -2.41. The molecule has 0 spiro atoms. The molecule has 3 aromatic rings. The quantitative estimate of drug-likeness (QED) is 0.672. The fourth-order valence-corrected chi connectivity index (χ4v) is 5.20. The molecule has 1 amide bonds. The molecule has 5 rings (SSSR count). The number of H-pyrrole nitrogens is 1. The Morgan fingerprint density at radius 2 is 2.29 bits per heavy atom. The van der Waals surface area contributed by atoms with E-state index < -0.39 is 0 Å². The minimum atomic E-state index is -0.158. The van der Waals surface area contributed by atoms with Gasteiger partial charge in [-0.15, -0.1) is 11.3 Å². The number of piperidine rings is 1. The molecule has 0 aliphatic carbocycles. The molecule has 162 valence electrons. The van der Waals surface area contributed by atoms with Crippen LogP contribution >= 0.6 is 11.3 Å². The third-order valence-electron chi connectivity index (χ3n) is 6.06. The van der Waals surface area contributed by atoms with Gasteiger partial charge >= 0.3 is 0 Å².